The van der Waals surface area contributed by atoms with Crippen LogP contribution >= 0.6 is 0 Å². The number of carbonyl (C=O) groups is 1. The van der Waals surface area contributed by atoms with Crippen molar-refractivity contribution in [1.29, 1.82) is 0 Å². The molecular weight excluding hydrogens is 372 g/mol. The van der Waals surface area contributed by atoms with E-state index in [-0.39, 0.29) is 23.0 Å². The molecule has 2 rings (SSSR count). The molecule has 1 aromatic carbocycles. The quantitative estimate of drug-likeness (QED) is 0.456. The van der Waals surface area contributed by atoms with Gasteiger partial charge in [0.2, 0.25) is 5.91 Å². The summed E-state index contributed by atoms with van der Waals surface area (Å²) in [5, 5.41) is 5.69. The van der Waals surface area contributed by atoms with Crippen molar-refractivity contribution >= 4 is 5.91 Å². The fourth-order valence-corrected chi connectivity index (χ4v) is 4.92. The predicted molar refractivity (Wildman–Crippen MR) is 125 cm³/mol. The summed E-state index contributed by atoms with van der Waals surface area (Å²) < 4.78 is 0. The summed E-state index contributed by atoms with van der Waals surface area (Å²) in [4.78, 5) is 19.1. The molecule has 1 aromatic rings. The van der Waals surface area contributed by atoms with E-state index in [9.17, 15) is 4.79 Å². The van der Waals surface area contributed by atoms with E-state index in [4.69, 9.17) is 4.84 Å². The van der Waals surface area contributed by atoms with Crippen LogP contribution in [0.4, 0.5) is 0 Å². The van der Waals surface area contributed by atoms with Crippen molar-refractivity contribution in [2.75, 3.05) is 6.61 Å². The standard InChI is InChI=1S/C26H44N2O2/c1-7-10-12-17-24(29)27-23-20-25(5,8-2)28(26(6,9-3)21(23)4)30-19-18-22-15-13-11-14-16-22/h11,13-16,21,23H,7-10,12,17-20H2,1-6H3,(H,27,29). The van der Waals surface area contributed by atoms with Crippen LogP contribution in [-0.4, -0.2) is 34.7 Å². The van der Waals surface area contributed by atoms with Gasteiger partial charge in [0.15, 0.2) is 0 Å². The van der Waals surface area contributed by atoms with E-state index in [0.29, 0.717) is 18.9 Å². The zero-order valence-corrected chi connectivity index (χ0v) is 20.2. The summed E-state index contributed by atoms with van der Waals surface area (Å²) in [6.45, 7) is 14.2. The number of hydrogen-bond acceptors (Lipinski definition) is 3. The zero-order valence-electron chi connectivity index (χ0n) is 20.2. The number of amides is 1. The lowest BCUT2D eigenvalue weighted by Gasteiger charge is -2.59. The second kappa shape index (κ2) is 11.3. The molecule has 0 bridgehead atoms. The van der Waals surface area contributed by atoms with Crippen molar-refractivity contribution < 1.29 is 9.63 Å². The molecule has 1 N–H and O–H groups in total. The van der Waals surface area contributed by atoms with Gasteiger partial charge >= 0.3 is 0 Å². The Morgan fingerprint density at radius 3 is 2.43 bits per heavy atom. The smallest absolute Gasteiger partial charge is 0.220 e. The van der Waals surface area contributed by atoms with Gasteiger partial charge in [0.1, 0.15) is 0 Å². The second-order valence-corrected chi connectivity index (χ2v) is 9.55. The van der Waals surface area contributed by atoms with E-state index in [0.717, 1.165) is 44.9 Å². The van der Waals surface area contributed by atoms with Crippen molar-refractivity contribution in [1.82, 2.24) is 10.4 Å². The Balaban J connectivity index is 2.11. The van der Waals surface area contributed by atoms with Crippen LogP contribution in [0.15, 0.2) is 30.3 Å². The van der Waals surface area contributed by atoms with Crippen LogP contribution in [0.5, 0.6) is 0 Å². The highest BCUT2D eigenvalue weighted by Gasteiger charge is 2.54. The van der Waals surface area contributed by atoms with Gasteiger partial charge in [0.25, 0.3) is 0 Å². The lowest BCUT2D eigenvalue weighted by molar-refractivity contribution is -0.306. The number of rotatable bonds is 11. The van der Waals surface area contributed by atoms with Crippen LogP contribution in [0.25, 0.3) is 0 Å². The molecule has 4 nitrogen and oxygen atoms in total. The highest BCUT2D eigenvalue weighted by Crippen LogP contribution is 2.45. The van der Waals surface area contributed by atoms with E-state index in [1.165, 1.54) is 5.56 Å². The van der Waals surface area contributed by atoms with E-state index in [2.05, 4.69) is 82.3 Å². The van der Waals surface area contributed by atoms with Gasteiger partial charge in [0, 0.05) is 23.5 Å². The minimum absolute atomic E-state index is 0.102. The molecule has 0 spiro atoms. The maximum absolute atomic E-state index is 12.6. The molecule has 1 amide bonds. The molecule has 0 aliphatic carbocycles. The van der Waals surface area contributed by atoms with Crippen molar-refractivity contribution in [3.63, 3.8) is 0 Å². The molecular formula is C26H44N2O2. The molecule has 1 saturated heterocycles. The van der Waals surface area contributed by atoms with Gasteiger partial charge < -0.3 is 5.32 Å². The number of carbonyl (C=O) groups excluding carboxylic acids is 1. The van der Waals surface area contributed by atoms with Gasteiger partial charge in [0.05, 0.1) is 6.61 Å². The minimum atomic E-state index is -0.124. The second-order valence-electron chi connectivity index (χ2n) is 9.55. The first kappa shape index (κ1) is 24.9. The lowest BCUT2D eigenvalue weighted by atomic mass is 9.68. The predicted octanol–water partition coefficient (Wildman–Crippen LogP) is 5.91. The molecule has 4 unspecified atom stereocenters. The highest BCUT2D eigenvalue weighted by atomic mass is 16.7. The molecule has 1 heterocycles. The maximum atomic E-state index is 12.6. The Kier molecular flexibility index (Phi) is 9.36. The summed E-state index contributed by atoms with van der Waals surface area (Å²) >= 11 is 0. The zero-order chi connectivity index (χ0) is 22.2. The van der Waals surface area contributed by atoms with E-state index in [1.807, 2.05) is 0 Å². The third-order valence-corrected chi connectivity index (χ3v) is 7.48. The van der Waals surface area contributed by atoms with Gasteiger partial charge in [-0.25, -0.2) is 0 Å². The highest BCUT2D eigenvalue weighted by molar-refractivity contribution is 5.76. The van der Waals surface area contributed by atoms with Gasteiger partial charge in [-0.2, -0.15) is 5.06 Å². The Morgan fingerprint density at radius 1 is 1.13 bits per heavy atom. The van der Waals surface area contributed by atoms with Crippen molar-refractivity contribution in [3.05, 3.63) is 35.9 Å². The Hall–Kier alpha value is -1.39. The maximum Gasteiger partial charge on any atom is 0.220 e. The fourth-order valence-electron chi connectivity index (χ4n) is 4.92. The molecule has 0 radical (unpaired) electrons. The Morgan fingerprint density at radius 2 is 1.83 bits per heavy atom. The van der Waals surface area contributed by atoms with Gasteiger partial charge in [-0.3, -0.25) is 9.63 Å². The van der Waals surface area contributed by atoms with E-state index >= 15 is 0 Å². The molecule has 30 heavy (non-hydrogen) atoms. The molecule has 1 aliphatic heterocycles. The van der Waals surface area contributed by atoms with Crippen LogP contribution in [0, 0.1) is 5.92 Å². The molecule has 170 valence electrons. The normalized spacial score (nSPS) is 29.7. The van der Waals surface area contributed by atoms with Crippen LogP contribution in [-0.2, 0) is 16.1 Å². The number of unbranched alkanes of at least 4 members (excludes halogenated alkanes) is 2. The van der Waals surface area contributed by atoms with Crippen LogP contribution in [0.3, 0.4) is 0 Å². The number of nitrogens with zero attached hydrogens (tertiary/aromatic N) is 1. The summed E-state index contributed by atoms with van der Waals surface area (Å²) in [7, 11) is 0. The minimum Gasteiger partial charge on any atom is -0.353 e. The molecule has 1 aliphatic rings. The van der Waals surface area contributed by atoms with Crippen molar-refractivity contribution in [2.45, 2.75) is 110 Å². The third-order valence-electron chi connectivity index (χ3n) is 7.48. The summed E-state index contributed by atoms with van der Waals surface area (Å²) in [6, 6.07) is 10.7. The first-order valence-corrected chi connectivity index (χ1v) is 12.1. The topological polar surface area (TPSA) is 41.6 Å². The van der Waals surface area contributed by atoms with Gasteiger partial charge in [-0.1, -0.05) is 70.9 Å². The molecule has 4 heteroatoms. The van der Waals surface area contributed by atoms with Crippen molar-refractivity contribution in [2.24, 2.45) is 5.92 Å². The number of benzene rings is 1. The summed E-state index contributed by atoms with van der Waals surface area (Å²) in [5.74, 6) is 0.518. The number of piperidine rings is 1. The number of hydroxylamine groups is 2. The Bertz CT molecular complexity index is 650. The summed E-state index contributed by atoms with van der Waals surface area (Å²) in [6.07, 6.45) is 7.68. The van der Waals surface area contributed by atoms with Gasteiger partial charge in [-0.15, -0.1) is 0 Å². The van der Waals surface area contributed by atoms with Crippen LogP contribution < -0.4 is 5.32 Å². The number of hydrogen-bond donors (Lipinski definition) is 1. The molecule has 1 fully saturated rings. The van der Waals surface area contributed by atoms with Crippen molar-refractivity contribution in [3.8, 4) is 0 Å². The molecule has 0 aromatic heterocycles. The third kappa shape index (κ3) is 5.85. The van der Waals surface area contributed by atoms with Crippen LogP contribution in [0.2, 0.25) is 0 Å². The SMILES string of the molecule is CCCCCC(=O)NC1CC(C)(CC)N(OCCc2ccccc2)C(C)(CC)C1C. The fraction of sp³-hybridized carbons (Fsp3) is 0.731. The monoisotopic (exact) mass is 416 g/mol. The largest absolute Gasteiger partial charge is 0.353 e. The van der Waals surface area contributed by atoms with Crippen LogP contribution in [0.1, 0.15) is 92.1 Å². The first-order valence-electron chi connectivity index (χ1n) is 12.1. The first-order chi connectivity index (χ1) is 14.3. The number of nitrogens with one attached hydrogen (secondary N) is 1. The Labute approximate surface area is 184 Å². The molecule has 0 saturated carbocycles. The van der Waals surface area contributed by atoms with E-state index in [1.54, 1.807) is 0 Å². The average molecular weight is 417 g/mol. The molecule has 4 atom stereocenters. The lowest BCUT2D eigenvalue weighted by Crippen LogP contribution is -2.70. The van der Waals surface area contributed by atoms with Gasteiger partial charge in [-0.05, 0) is 57.4 Å². The summed E-state index contributed by atoms with van der Waals surface area (Å²) in [5.41, 5.74) is 1.08. The average Bonchev–Trinajstić information content (AvgIpc) is 2.75. The van der Waals surface area contributed by atoms with E-state index < -0.39 is 0 Å².